The molecular weight excluding hydrogens is 476 g/mol. The molecule has 0 saturated carbocycles. The molecule has 38 heavy (non-hydrogen) atoms. The molecule has 1 saturated heterocycles. The molecule has 1 heterocycles. The average Bonchev–Trinajstić information content (AvgIpc) is 2.96. The highest BCUT2D eigenvalue weighted by Crippen LogP contribution is 2.40. The molecule has 3 aromatic rings. The zero-order valence-corrected chi connectivity index (χ0v) is 22.8. The van der Waals surface area contributed by atoms with Crippen molar-refractivity contribution in [2.24, 2.45) is 0 Å². The lowest BCUT2D eigenvalue weighted by Crippen LogP contribution is -2.49. The Morgan fingerprint density at radius 1 is 0.895 bits per heavy atom. The number of benzene rings is 3. The first-order chi connectivity index (χ1) is 18.4. The molecule has 0 atom stereocenters. The maximum atomic E-state index is 13.9. The van der Waals surface area contributed by atoms with E-state index in [4.69, 9.17) is 9.47 Å². The molecule has 0 spiro atoms. The molecule has 1 amide bonds. The monoisotopic (exact) mass is 516 g/mol. The van der Waals surface area contributed by atoms with Crippen LogP contribution in [0.1, 0.15) is 36.0 Å². The maximum absolute atomic E-state index is 13.9. The third-order valence-electron chi connectivity index (χ3n) is 7.72. The molecule has 1 aliphatic heterocycles. The van der Waals surface area contributed by atoms with Gasteiger partial charge in [0, 0.05) is 39.9 Å². The minimum atomic E-state index is -0.949. The highest BCUT2D eigenvalue weighted by Gasteiger charge is 2.44. The van der Waals surface area contributed by atoms with Crippen LogP contribution >= 0.6 is 0 Å². The number of likely N-dealkylation sites (tertiary alicyclic amines) is 1. The maximum Gasteiger partial charge on any atom is 0.237 e. The average molecular weight is 517 g/mol. The molecular formula is C32H40N2O4. The minimum absolute atomic E-state index is 0.0746. The minimum Gasteiger partial charge on any atom is -0.491 e. The van der Waals surface area contributed by atoms with Gasteiger partial charge in [-0.05, 0) is 43.0 Å². The summed E-state index contributed by atoms with van der Waals surface area (Å²) in [6.45, 7) is 3.15. The Bertz CT molecular complexity index is 1120. The van der Waals surface area contributed by atoms with Crippen molar-refractivity contribution < 1.29 is 19.4 Å². The van der Waals surface area contributed by atoms with Gasteiger partial charge in [0.25, 0.3) is 0 Å². The van der Waals surface area contributed by atoms with Crippen LogP contribution in [0.5, 0.6) is 5.75 Å². The molecule has 0 aromatic heterocycles. The fraction of sp³-hybridized carbons (Fsp3) is 0.406. The van der Waals surface area contributed by atoms with Crippen molar-refractivity contribution in [3.05, 3.63) is 102 Å². The van der Waals surface area contributed by atoms with Gasteiger partial charge in [-0.1, -0.05) is 78.9 Å². The van der Waals surface area contributed by atoms with Crippen LogP contribution in [0, 0.1) is 0 Å². The van der Waals surface area contributed by atoms with Crippen molar-refractivity contribution in [2.45, 2.75) is 30.3 Å². The highest BCUT2D eigenvalue weighted by atomic mass is 16.5. The molecule has 202 valence electrons. The van der Waals surface area contributed by atoms with Crippen molar-refractivity contribution in [3.8, 4) is 5.75 Å². The number of hydrogen-bond donors (Lipinski definition) is 1. The predicted octanol–water partition coefficient (Wildman–Crippen LogP) is 4.46. The molecule has 0 bridgehead atoms. The number of ether oxygens (including phenoxy) is 2. The number of methoxy groups -OCH3 is 1. The Morgan fingerprint density at radius 3 is 2.00 bits per heavy atom. The number of hydrogen-bond acceptors (Lipinski definition) is 5. The van der Waals surface area contributed by atoms with Crippen molar-refractivity contribution in [1.29, 1.82) is 0 Å². The third-order valence-corrected chi connectivity index (χ3v) is 7.72. The Hall–Kier alpha value is -3.19. The fourth-order valence-electron chi connectivity index (χ4n) is 5.59. The second kappa shape index (κ2) is 12.6. The van der Waals surface area contributed by atoms with Gasteiger partial charge in [-0.15, -0.1) is 0 Å². The van der Waals surface area contributed by atoms with E-state index in [0.29, 0.717) is 38.2 Å². The lowest BCUT2D eigenvalue weighted by Gasteiger charge is -2.41. The second-order valence-corrected chi connectivity index (χ2v) is 10.3. The zero-order chi connectivity index (χ0) is 27.0. The van der Waals surface area contributed by atoms with E-state index in [1.54, 1.807) is 12.0 Å². The molecule has 4 rings (SSSR count). The molecule has 6 heteroatoms. The normalized spacial score (nSPS) is 15.7. The van der Waals surface area contributed by atoms with E-state index in [1.807, 2.05) is 74.8 Å². The van der Waals surface area contributed by atoms with Gasteiger partial charge < -0.3 is 24.4 Å². The SMILES string of the molecule is COCCOc1ccccc1C1(O)CCN(CCC(C(=O)N(C)C)(c2ccccc2)c2ccccc2)CC1. The van der Waals surface area contributed by atoms with Gasteiger partial charge in [0.2, 0.25) is 5.91 Å². The summed E-state index contributed by atoms with van der Waals surface area (Å²) >= 11 is 0. The summed E-state index contributed by atoms with van der Waals surface area (Å²) in [5.74, 6) is 0.787. The number of carbonyl (C=O) groups is 1. The van der Waals surface area contributed by atoms with E-state index in [9.17, 15) is 9.90 Å². The smallest absolute Gasteiger partial charge is 0.237 e. The van der Waals surface area contributed by atoms with Crippen LogP contribution in [0.15, 0.2) is 84.9 Å². The summed E-state index contributed by atoms with van der Waals surface area (Å²) in [7, 11) is 5.31. The number of nitrogens with zero attached hydrogens (tertiary/aromatic N) is 2. The summed E-state index contributed by atoms with van der Waals surface area (Å²) in [5, 5.41) is 11.6. The fourth-order valence-corrected chi connectivity index (χ4v) is 5.59. The molecule has 6 nitrogen and oxygen atoms in total. The van der Waals surface area contributed by atoms with Crippen molar-refractivity contribution in [3.63, 3.8) is 0 Å². The quantitative estimate of drug-likeness (QED) is 0.382. The van der Waals surface area contributed by atoms with Gasteiger partial charge in [0.1, 0.15) is 17.8 Å². The molecule has 1 fully saturated rings. The van der Waals surface area contributed by atoms with Crippen molar-refractivity contribution >= 4 is 5.91 Å². The van der Waals surface area contributed by atoms with Crippen LogP contribution in [0.25, 0.3) is 0 Å². The number of likely N-dealkylation sites (N-methyl/N-ethyl adjacent to an activating group) is 1. The predicted molar refractivity (Wildman–Crippen MR) is 150 cm³/mol. The van der Waals surface area contributed by atoms with Gasteiger partial charge in [-0.3, -0.25) is 4.79 Å². The van der Waals surface area contributed by atoms with Crippen LogP contribution in [0.3, 0.4) is 0 Å². The Labute approximate surface area is 226 Å². The number of rotatable bonds is 11. The van der Waals surface area contributed by atoms with Gasteiger partial charge in [0.15, 0.2) is 0 Å². The summed E-state index contributed by atoms with van der Waals surface area (Å²) in [4.78, 5) is 18.0. The number of para-hydroxylation sites is 1. The standard InChI is InChI=1S/C32H40N2O4/c1-33(2)30(35)32(26-12-6-4-7-13-26,27-14-8-5-9-15-27)20-23-34-21-18-31(36,19-22-34)28-16-10-11-17-29(28)38-25-24-37-3/h4-17,36H,18-25H2,1-3H3. The largest absolute Gasteiger partial charge is 0.491 e. The van der Waals surface area contributed by atoms with Crippen LogP contribution in [0.2, 0.25) is 0 Å². The highest BCUT2D eigenvalue weighted by molar-refractivity contribution is 5.91. The number of carbonyl (C=O) groups excluding carboxylic acids is 1. The third kappa shape index (κ3) is 5.93. The van der Waals surface area contributed by atoms with E-state index in [1.165, 1.54) is 0 Å². The van der Waals surface area contributed by atoms with E-state index in [0.717, 1.165) is 36.3 Å². The van der Waals surface area contributed by atoms with Crippen molar-refractivity contribution in [2.75, 3.05) is 54.1 Å². The number of piperidine rings is 1. The first kappa shape index (κ1) is 27.8. The summed E-state index contributed by atoms with van der Waals surface area (Å²) in [5.41, 5.74) is 1.10. The first-order valence-electron chi connectivity index (χ1n) is 13.4. The van der Waals surface area contributed by atoms with Gasteiger partial charge >= 0.3 is 0 Å². The zero-order valence-electron chi connectivity index (χ0n) is 22.8. The first-order valence-corrected chi connectivity index (χ1v) is 13.4. The molecule has 0 radical (unpaired) electrons. The van der Waals surface area contributed by atoms with E-state index in [2.05, 4.69) is 29.2 Å². The lowest BCUT2D eigenvalue weighted by atomic mass is 9.70. The molecule has 0 unspecified atom stereocenters. The molecule has 0 aliphatic carbocycles. The topological polar surface area (TPSA) is 62.2 Å². The van der Waals surface area contributed by atoms with Gasteiger partial charge in [0.05, 0.1) is 12.2 Å². The van der Waals surface area contributed by atoms with Crippen molar-refractivity contribution in [1.82, 2.24) is 9.80 Å². The van der Waals surface area contributed by atoms with Crippen LogP contribution in [0.4, 0.5) is 0 Å². The lowest BCUT2D eigenvalue weighted by molar-refractivity contribution is -0.133. The summed E-state index contributed by atoms with van der Waals surface area (Å²) < 4.78 is 11.0. The molecule has 1 N–H and O–H groups in total. The summed E-state index contributed by atoms with van der Waals surface area (Å²) in [6.07, 6.45) is 1.85. The van der Waals surface area contributed by atoms with Gasteiger partial charge in [-0.25, -0.2) is 0 Å². The van der Waals surface area contributed by atoms with Crippen LogP contribution < -0.4 is 4.74 Å². The van der Waals surface area contributed by atoms with E-state index in [-0.39, 0.29) is 5.91 Å². The van der Waals surface area contributed by atoms with Crippen LogP contribution in [-0.2, 0) is 20.5 Å². The summed E-state index contributed by atoms with van der Waals surface area (Å²) in [6, 6.07) is 28.0. The number of amides is 1. The van der Waals surface area contributed by atoms with E-state index < -0.39 is 11.0 Å². The Morgan fingerprint density at radius 2 is 1.45 bits per heavy atom. The molecule has 3 aromatic carbocycles. The molecule has 1 aliphatic rings. The number of aliphatic hydroxyl groups is 1. The second-order valence-electron chi connectivity index (χ2n) is 10.3. The Kier molecular flexibility index (Phi) is 9.21. The van der Waals surface area contributed by atoms with Gasteiger partial charge in [-0.2, -0.15) is 0 Å². The van der Waals surface area contributed by atoms with E-state index >= 15 is 0 Å². The van der Waals surface area contributed by atoms with Crippen LogP contribution in [-0.4, -0.2) is 74.9 Å². The Balaban J connectivity index is 1.54.